The largest absolute Gasteiger partial charge is 0.497 e. The fourth-order valence-corrected chi connectivity index (χ4v) is 4.32. The van der Waals surface area contributed by atoms with Gasteiger partial charge in [-0.25, -0.2) is 4.98 Å². The third-order valence-electron chi connectivity index (χ3n) is 5.05. The van der Waals surface area contributed by atoms with Crippen LogP contribution in [0.3, 0.4) is 0 Å². The Morgan fingerprint density at radius 1 is 1.07 bits per heavy atom. The van der Waals surface area contributed by atoms with Gasteiger partial charge in [0.15, 0.2) is 0 Å². The predicted octanol–water partition coefficient (Wildman–Crippen LogP) is 4.43. The van der Waals surface area contributed by atoms with Crippen molar-refractivity contribution in [2.24, 2.45) is 0 Å². The summed E-state index contributed by atoms with van der Waals surface area (Å²) in [6.45, 7) is 3.94. The molecule has 5 nitrogen and oxygen atoms in total. The number of hydrogen-bond donors (Lipinski definition) is 0. The number of ether oxygens (including phenoxy) is 1. The summed E-state index contributed by atoms with van der Waals surface area (Å²) in [6.07, 6.45) is 0. The third-order valence-corrected chi connectivity index (χ3v) is 6.13. The molecule has 2 aromatic carbocycles. The molecule has 29 heavy (non-hydrogen) atoms. The van der Waals surface area contributed by atoms with E-state index in [0.717, 1.165) is 54.7 Å². The topological polar surface area (TPSA) is 45.7 Å². The van der Waals surface area contributed by atoms with Crippen LogP contribution in [0.2, 0.25) is 5.02 Å². The molecule has 1 aromatic heterocycles. The Bertz CT molecular complexity index is 964. The maximum absolute atomic E-state index is 12.6. The quantitative estimate of drug-likeness (QED) is 0.604. The first kappa shape index (κ1) is 19.9. The summed E-state index contributed by atoms with van der Waals surface area (Å²) in [5.74, 6) is 0.910. The number of nitrogens with zero attached hydrogens (tertiary/aromatic N) is 3. The summed E-state index contributed by atoms with van der Waals surface area (Å²) in [7, 11) is 1.67. The highest BCUT2D eigenvalue weighted by Gasteiger charge is 2.22. The van der Waals surface area contributed by atoms with Gasteiger partial charge < -0.3 is 9.64 Å². The molecule has 1 amide bonds. The molecule has 0 aliphatic carbocycles. The van der Waals surface area contributed by atoms with Gasteiger partial charge in [0.25, 0.3) is 5.91 Å². The number of carbonyl (C=O) groups is 1. The number of piperazine rings is 1. The van der Waals surface area contributed by atoms with E-state index in [1.165, 1.54) is 0 Å². The summed E-state index contributed by atoms with van der Waals surface area (Å²) in [4.78, 5) is 21.7. The van der Waals surface area contributed by atoms with Gasteiger partial charge >= 0.3 is 0 Å². The number of methoxy groups -OCH3 is 1. The monoisotopic (exact) mass is 427 g/mol. The molecule has 2 heterocycles. The van der Waals surface area contributed by atoms with Crippen LogP contribution in [0.4, 0.5) is 0 Å². The second-order valence-electron chi connectivity index (χ2n) is 6.93. The molecule has 0 radical (unpaired) electrons. The van der Waals surface area contributed by atoms with Crippen molar-refractivity contribution < 1.29 is 9.53 Å². The van der Waals surface area contributed by atoms with E-state index in [-0.39, 0.29) is 5.91 Å². The Morgan fingerprint density at radius 2 is 1.76 bits per heavy atom. The molecule has 3 aromatic rings. The van der Waals surface area contributed by atoms with Gasteiger partial charge in [0.2, 0.25) is 0 Å². The van der Waals surface area contributed by atoms with Crippen molar-refractivity contribution >= 4 is 28.8 Å². The number of benzene rings is 2. The van der Waals surface area contributed by atoms with Gasteiger partial charge in [-0.3, -0.25) is 9.69 Å². The Balaban J connectivity index is 1.32. The number of carbonyl (C=O) groups excluding carboxylic acids is 1. The van der Waals surface area contributed by atoms with Crippen LogP contribution in [0.25, 0.3) is 11.3 Å². The summed E-state index contributed by atoms with van der Waals surface area (Å²) >= 11 is 7.59. The highest BCUT2D eigenvalue weighted by Crippen LogP contribution is 2.25. The van der Waals surface area contributed by atoms with E-state index in [1.54, 1.807) is 42.7 Å². The molecule has 1 saturated heterocycles. The van der Waals surface area contributed by atoms with Crippen LogP contribution in [-0.2, 0) is 6.54 Å². The molecule has 1 aliphatic heterocycles. The molecule has 0 spiro atoms. The van der Waals surface area contributed by atoms with E-state index in [0.29, 0.717) is 10.6 Å². The minimum absolute atomic E-state index is 0.0670. The van der Waals surface area contributed by atoms with Gasteiger partial charge in [-0.2, -0.15) is 0 Å². The normalized spacial score (nSPS) is 14.8. The van der Waals surface area contributed by atoms with Gasteiger partial charge in [-0.15, -0.1) is 11.3 Å². The fourth-order valence-electron chi connectivity index (χ4n) is 3.35. The lowest BCUT2D eigenvalue weighted by Gasteiger charge is -2.34. The van der Waals surface area contributed by atoms with Gasteiger partial charge in [-0.05, 0) is 48.5 Å². The van der Waals surface area contributed by atoms with Crippen LogP contribution >= 0.6 is 22.9 Å². The molecule has 0 bridgehead atoms. The molecule has 150 valence electrons. The molecule has 1 fully saturated rings. The molecule has 4 rings (SSSR count). The first-order valence-electron chi connectivity index (χ1n) is 9.48. The second-order valence-corrected chi connectivity index (χ2v) is 8.31. The van der Waals surface area contributed by atoms with Crippen LogP contribution < -0.4 is 4.74 Å². The minimum Gasteiger partial charge on any atom is -0.497 e. The first-order valence-corrected chi connectivity index (χ1v) is 10.7. The second kappa shape index (κ2) is 8.95. The summed E-state index contributed by atoms with van der Waals surface area (Å²) in [5.41, 5.74) is 2.77. The number of amides is 1. The van der Waals surface area contributed by atoms with Crippen LogP contribution in [-0.4, -0.2) is 54.0 Å². The van der Waals surface area contributed by atoms with Crippen molar-refractivity contribution in [3.8, 4) is 17.0 Å². The summed E-state index contributed by atoms with van der Waals surface area (Å²) < 4.78 is 5.21. The highest BCUT2D eigenvalue weighted by molar-refractivity contribution is 7.09. The van der Waals surface area contributed by atoms with E-state index >= 15 is 0 Å². The number of rotatable bonds is 5. The van der Waals surface area contributed by atoms with Crippen LogP contribution in [0.15, 0.2) is 53.9 Å². The van der Waals surface area contributed by atoms with Crippen LogP contribution in [0, 0.1) is 0 Å². The zero-order valence-electron chi connectivity index (χ0n) is 16.2. The first-order chi connectivity index (χ1) is 14.1. The Labute approximate surface area is 179 Å². The molecule has 0 atom stereocenters. The standard InChI is InChI=1S/C22H22ClN3O2S/c1-28-19-8-4-16(5-9-19)20-15-29-21(24-20)14-25-10-12-26(13-11-25)22(27)17-2-6-18(23)7-3-17/h2-9,15H,10-14H2,1H3. The zero-order chi connectivity index (χ0) is 20.2. The van der Waals surface area contributed by atoms with Crippen molar-refractivity contribution in [3.63, 3.8) is 0 Å². The lowest BCUT2D eigenvalue weighted by atomic mass is 10.2. The fraction of sp³-hybridized carbons (Fsp3) is 0.273. The molecular weight excluding hydrogens is 406 g/mol. The Kier molecular flexibility index (Phi) is 6.13. The molecule has 7 heteroatoms. The van der Waals surface area contributed by atoms with Crippen LogP contribution in [0.1, 0.15) is 15.4 Å². The maximum Gasteiger partial charge on any atom is 0.253 e. The predicted molar refractivity (Wildman–Crippen MR) is 117 cm³/mol. The van der Waals surface area contributed by atoms with E-state index in [4.69, 9.17) is 21.3 Å². The van der Waals surface area contributed by atoms with Gasteiger partial charge in [0.1, 0.15) is 10.8 Å². The lowest BCUT2D eigenvalue weighted by molar-refractivity contribution is 0.0628. The number of aromatic nitrogens is 1. The van der Waals surface area contributed by atoms with Crippen molar-refractivity contribution in [2.75, 3.05) is 33.3 Å². The molecule has 0 N–H and O–H groups in total. The average molecular weight is 428 g/mol. The van der Waals surface area contributed by atoms with Crippen LogP contribution in [0.5, 0.6) is 5.75 Å². The van der Waals surface area contributed by atoms with Crippen molar-refractivity contribution in [1.29, 1.82) is 0 Å². The van der Waals surface area contributed by atoms with Gasteiger partial charge in [-0.1, -0.05) is 11.6 Å². The van der Waals surface area contributed by atoms with E-state index in [2.05, 4.69) is 10.3 Å². The number of thiazole rings is 1. The zero-order valence-corrected chi connectivity index (χ0v) is 17.7. The van der Waals surface area contributed by atoms with Crippen molar-refractivity contribution in [2.45, 2.75) is 6.54 Å². The van der Waals surface area contributed by atoms with E-state index < -0.39 is 0 Å². The highest BCUT2D eigenvalue weighted by atomic mass is 35.5. The summed E-state index contributed by atoms with van der Waals surface area (Å²) in [6, 6.07) is 15.0. The summed E-state index contributed by atoms with van der Waals surface area (Å²) in [5, 5.41) is 3.83. The number of halogens is 1. The van der Waals surface area contributed by atoms with Gasteiger partial charge in [0.05, 0.1) is 19.3 Å². The SMILES string of the molecule is COc1ccc(-c2csc(CN3CCN(C(=O)c4ccc(Cl)cc4)CC3)n2)cc1. The number of hydrogen-bond acceptors (Lipinski definition) is 5. The third kappa shape index (κ3) is 4.78. The molecule has 0 saturated carbocycles. The molecule has 1 aliphatic rings. The lowest BCUT2D eigenvalue weighted by Crippen LogP contribution is -2.48. The van der Waals surface area contributed by atoms with Crippen molar-refractivity contribution in [1.82, 2.24) is 14.8 Å². The Hall–Kier alpha value is -2.41. The average Bonchev–Trinajstić information content (AvgIpc) is 3.23. The van der Waals surface area contributed by atoms with Crippen molar-refractivity contribution in [3.05, 3.63) is 69.5 Å². The maximum atomic E-state index is 12.6. The Morgan fingerprint density at radius 3 is 2.41 bits per heavy atom. The van der Waals surface area contributed by atoms with E-state index in [1.807, 2.05) is 29.2 Å². The molecular formula is C22H22ClN3O2S. The molecule has 0 unspecified atom stereocenters. The minimum atomic E-state index is 0.0670. The van der Waals surface area contributed by atoms with E-state index in [9.17, 15) is 4.79 Å². The van der Waals surface area contributed by atoms with Gasteiger partial charge in [0, 0.05) is 47.7 Å². The smallest absolute Gasteiger partial charge is 0.253 e.